The van der Waals surface area contributed by atoms with Crippen LogP contribution < -0.4 is 5.73 Å². The minimum Gasteiger partial charge on any atom is -0.393 e. The third-order valence-electron chi connectivity index (χ3n) is 3.98. The molecule has 0 saturated heterocycles. The number of nitrogens with zero attached hydrogens (tertiary/aromatic N) is 3. The maximum Gasteiger partial charge on any atom is 0.286 e. The third-order valence-corrected chi connectivity index (χ3v) is 3.98. The molecular formula is C12H16N4O3. The first-order valence-electron chi connectivity index (χ1n) is 6.33. The maximum absolute atomic E-state index is 11.3. The quantitative estimate of drug-likeness (QED) is 0.616. The number of primary amides is 1. The van der Waals surface area contributed by atoms with Gasteiger partial charge in [-0.25, -0.2) is 9.67 Å². The van der Waals surface area contributed by atoms with Gasteiger partial charge in [-0.2, -0.15) is 5.10 Å². The van der Waals surface area contributed by atoms with E-state index in [2.05, 4.69) is 10.1 Å². The molecule has 2 aliphatic rings. The predicted octanol–water partition coefficient (Wildman–Crippen LogP) is -0.620. The highest BCUT2D eigenvalue weighted by Gasteiger charge is 2.42. The molecule has 0 radical (unpaired) electrons. The van der Waals surface area contributed by atoms with Gasteiger partial charge in [0.1, 0.15) is 6.33 Å². The largest absolute Gasteiger partial charge is 0.393 e. The highest BCUT2D eigenvalue weighted by Crippen LogP contribution is 2.45. The lowest BCUT2D eigenvalue weighted by Gasteiger charge is -2.25. The van der Waals surface area contributed by atoms with Crippen molar-refractivity contribution in [2.24, 2.45) is 11.7 Å². The highest BCUT2D eigenvalue weighted by atomic mass is 16.3. The van der Waals surface area contributed by atoms with Gasteiger partial charge in [0, 0.05) is 12.3 Å². The highest BCUT2D eigenvalue weighted by molar-refractivity contribution is 5.89. The van der Waals surface area contributed by atoms with Crippen molar-refractivity contribution < 1.29 is 15.0 Å². The van der Waals surface area contributed by atoms with Crippen molar-refractivity contribution in [2.45, 2.75) is 37.5 Å². The maximum atomic E-state index is 11.3. The summed E-state index contributed by atoms with van der Waals surface area (Å²) in [6, 6.07) is -0.197. The zero-order chi connectivity index (χ0) is 13.6. The van der Waals surface area contributed by atoms with Crippen LogP contribution in [0.1, 0.15) is 35.9 Å². The van der Waals surface area contributed by atoms with Gasteiger partial charge in [-0.1, -0.05) is 6.08 Å². The Morgan fingerprint density at radius 1 is 1.42 bits per heavy atom. The van der Waals surface area contributed by atoms with Crippen LogP contribution in [0.4, 0.5) is 0 Å². The van der Waals surface area contributed by atoms with Gasteiger partial charge in [0.25, 0.3) is 5.91 Å². The van der Waals surface area contributed by atoms with Crippen LogP contribution in [-0.4, -0.2) is 43.1 Å². The van der Waals surface area contributed by atoms with Gasteiger partial charge in [0.15, 0.2) is 0 Å². The van der Waals surface area contributed by atoms with E-state index < -0.39 is 18.1 Å². The zero-order valence-corrected chi connectivity index (χ0v) is 10.3. The predicted molar refractivity (Wildman–Crippen MR) is 65.0 cm³/mol. The number of fused-ring (bicyclic) bond motifs is 1. The second kappa shape index (κ2) is 4.43. The molecule has 1 amide bonds. The average molecular weight is 264 g/mol. The lowest BCUT2D eigenvalue weighted by molar-refractivity contribution is 0.0843. The van der Waals surface area contributed by atoms with Gasteiger partial charge in [0.05, 0.1) is 18.2 Å². The van der Waals surface area contributed by atoms with Crippen molar-refractivity contribution in [3.8, 4) is 0 Å². The minimum absolute atomic E-state index is 0.0707. The Kier molecular flexibility index (Phi) is 2.87. The summed E-state index contributed by atoms with van der Waals surface area (Å²) in [6.45, 7) is 0. The second-order valence-electron chi connectivity index (χ2n) is 5.15. The van der Waals surface area contributed by atoms with E-state index in [1.807, 2.05) is 6.08 Å². The summed E-state index contributed by atoms with van der Waals surface area (Å²) >= 11 is 0. The second-order valence-corrected chi connectivity index (χ2v) is 5.15. The summed E-state index contributed by atoms with van der Waals surface area (Å²) in [5.41, 5.74) is 6.29. The number of nitrogens with two attached hydrogens (primary N) is 1. The van der Waals surface area contributed by atoms with Crippen molar-refractivity contribution in [1.82, 2.24) is 14.8 Å². The van der Waals surface area contributed by atoms with Gasteiger partial charge in [-0.15, -0.1) is 0 Å². The number of hydrogen-bond donors (Lipinski definition) is 3. The molecule has 1 aromatic heterocycles. The number of aliphatic hydroxyl groups excluding tert-OH is 2. The summed E-state index contributed by atoms with van der Waals surface area (Å²) in [5, 5.41) is 23.8. The molecule has 102 valence electrons. The molecule has 1 heterocycles. The Bertz CT molecular complexity index is 539. The van der Waals surface area contributed by atoms with Crippen LogP contribution in [0.5, 0.6) is 0 Å². The Labute approximate surface area is 109 Å². The van der Waals surface area contributed by atoms with E-state index in [1.54, 1.807) is 0 Å². The van der Waals surface area contributed by atoms with Crippen LogP contribution in [0.3, 0.4) is 0 Å². The van der Waals surface area contributed by atoms with Gasteiger partial charge in [-0.3, -0.25) is 4.79 Å². The van der Waals surface area contributed by atoms with Crippen molar-refractivity contribution in [1.29, 1.82) is 0 Å². The summed E-state index contributed by atoms with van der Waals surface area (Å²) in [4.78, 5) is 15.2. The van der Waals surface area contributed by atoms with Crippen LogP contribution in [0, 0.1) is 5.92 Å². The molecule has 0 aliphatic heterocycles. The number of rotatable bonds is 2. The molecular weight excluding hydrogens is 248 g/mol. The molecule has 7 nitrogen and oxygen atoms in total. The Morgan fingerprint density at radius 2 is 2.21 bits per heavy atom. The van der Waals surface area contributed by atoms with Gasteiger partial charge in [0.2, 0.25) is 5.82 Å². The van der Waals surface area contributed by atoms with Gasteiger partial charge >= 0.3 is 0 Å². The first kappa shape index (κ1) is 12.3. The monoisotopic (exact) mass is 264 g/mol. The number of carbonyl (C=O) groups excluding carboxylic acids is 1. The Hall–Kier alpha value is -1.73. The van der Waals surface area contributed by atoms with Crippen LogP contribution in [0.2, 0.25) is 0 Å². The van der Waals surface area contributed by atoms with E-state index in [-0.39, 0.29) is 17.8 Å². The fraction of sp³-hybridized carbons (Fsp3) is 0.583. The fourth-order valence-electron chi connectivity index (χ4n) is 3.14. The zero-order valence-electron chi connectivity index (χ0n) is 10.3. The molecule has 7 heteroatoms. The number of aromatic nitrogens is 3. The first-order valence-corrected chi connectivity index (χ1v) is 6.33. The van der Waals surface area contributed by atoms with Crippen LogP contribution in [0.15, 0.2) is 18.0 Å². The SMILES string of the molecule is NC(=O)c1ncnn1[C@H]1C[C@H](O)[C@H]2C[C@@H](O)CC=C21. The molecule has 0 unspecified atom stereocenters. The van der Waals surface area contributed by atoms with Crippen LogP contribution in [0.25, 0.3) is 0 Å². The molecule has 1 fully saturated rings. The average Bonchev–Trinajstić information content (AvgIpc) is 2.94. The lowest BCUT2D eigenvalue weighted by Crippen LogP contribution is -2.25. The van der Waals surface area contributed by atoms with E-state index in [0.29, 0.717) is 19.3 Å². The smallest absolute Gasteiger partial charge is 0.286 e. The van der Waals surface area contributed by atoms with Crippen LogP contribution in [-0.2, 0) is 0 Å². The number of carbonyl (C=O) groups is 1. The van der Waals surface area contributed by atoms with Crippen molar-refractivity contribution >= 4 is 5.91 Å². The van der Waals surface area contributed by atoms with Crippen molar-refractivity contribution in [2.75, 3.05) is 0 Å². The summed E-state index contributed by atoms with van der Waals surface area (Å²) in [5.74, 6) is -0.601. The van der Waals surface area contributed by atoms with Crippen molar-refractivity contribution in [3.63, 3.8) is 0 Å². The number of hydrogen-bond acceptors (Lipinski definition) is 5. The first-order chi connectivity index (χ1) is 9.08. The molecule has 19 heavy (non-hydrogen) atoms. The summed E-state index contributed by atoms with van der Waals surface area (Å²) in [6.07, 6.45) is 3.86. The number of amides is 1. The molecule has 2 aliphatic carbocycles. The van der Waals surface area contributed by atoms with E-state index in [4.69, 9.17) is 5.73 Å². The standard InChI is InChI=1S/C12H16N4O3/c13-11(19)12-14-5-15-16(12)9-4-10(18)8-3-6(17)1-2-7(8)9/h2,5-6,8-10,17-18H,1,3-4H2,(H2,13,19)/t6-,8-,9-,10-/m0/s1. The van der Waals surface area contributed by atoms with E-state index in [9.17, 15) is 15.0 Å². The molecule has 4 atom stereocenters. The van der Waals surface area contributed by atoms with E-state index >= 15 is 0 Å². The van der Waals surface area contributed by atoms with Gasteiger partial charge < -0.3 is 15.9 Å². The molecule has 3 rings (SSSR count). The topological polar surface area (TPSA) is 114 Å². The molecule has 1 aromatic rings. The Morgan fingerprint density at radius 3 is 2.95 bits per heavy atom. The van der Waals surface area contributed by atoms with Gasteiger partial charge in [-0.05, 0) is 18.4 Å². The van der Waals surface area contributed by atoms with E-state index in [0.717, 1.165) is 5.57 Å². The molecule has 4 N–H and O–H groups in total. The van der Waals surface area contributed by atoms with Crippen molar-refractivity contribution in [3.05, 3.63) is 23.8 Å². The summed E-state index contributed by atoms with van der Waals surface area (Å²) in [7, 11) is 0. The molecule has 0 aromatic carbocycles. The third kappa shape index (κ3) is 1.95. The van der Waals surface area contributed by atoms with Crippen LogP contribution >= 0.6 is 0 Å². The normalized spacial score (nSPS) is 33.9. The Balaban J connectivity index is 1.98. The molecule has 0 bridgehead atoms. The lowest BCUT2D eigenvalue weighted by atomic mass is 9.86. The number of aliphatic hydroxyl groups is 2. The summed E-state index contributed by atoms with van der Waals surface area (Å²) < 4.78 is 1.48. The fourth-order valence-corrected chi connectivity index (χ4v) is 3.14. The van der Waals surface area contributed by atoms with E-state index in [1.165, 1.54) is 11.0 Å². The molecule has 1 saturated carbocycles. The molecule has 0 spiro atoms. The minimum atomic E-state index is -0.633.